The average Bonchev–Trinajstić information content (AvgIpc) is 2.83. The van der Waals surface area contributed by atoms with E-state index in [0.717, 1.165) is 11.1 Å². The third kappa shape index (κ3) is 7.52. The van der Waals surface area contributed by atoms with Gasteiger partial charge in [0.2, 0.25) is 5.91 Å². The van der Waals surface area contributed by atoms with E-state index in [4.69, 9.17) is 18.9 Å². The fraction of sp³-hybridized carbons (Fsp3) is 0.407. The summed E-state index contributed by atoms with van der Waals surface area (Å²) in [7, 11) is 0. The van der Waals surface area contributed by atoms with E-state index >= 15 is 0 Å². The van der Waals surface area contributed by atoms with Crippen LogP contribution in [0, 0.1) is 0 Å². The average molecular weight is 468 g/mol. The second-order valence-electron chi connectivity index (χ2n) is 8.29. The number of benzene rings is 2. The molecule has 1 saturated heterocycles. The van der Waals surface area contributed by atoms with E-state index in [9.17, 15) is 9.59 Å². The van der Waals surface area contributed by atoms with E-state index in [0.29, 0.717) is 19.6 Å². The van der Waals surface area contributed by atoms with Gasteiger partial charge in [-0.15, -0.1) is 6.58 Å². The number of nitrogens with one attached hydrogen (secondary N) is 1. The lowest BCUT2D eigenvalue weighted by molar-refractivity contribution is -0.230. The molecule has 1 heterocycles. The second kappa shape index (κ2) is 13.0. The zero-order valence-corrected chi connectivity index (χ0v) is 19.7. The number of hydrogen-bond acceptors (Lipinski definition) is 6. The SMILES string of the molecule is C=CC[C@H]1O[C@H](COC(C)=O)[C@@H](OCc2ccccc2)[C@H](OCc2ccccc2)[C@H]1NC(C)=O. The third-order valence-electron chi connectivity index (χ3n) is 5.58. The second-order valence-corrected chi connectivity index (χ2v) is 8.29. The molecule has 0 spiro atoms. The van der Waals surface area contributed by atoms with Gasteiger partial charge in [0.15, 0.2) is 0 Å². The fourth-order valence-corrected chi connectivity index (χ4v) is 4.06. The van der Waals surface area contributed by atoms with Crippen LogP contribution in [0.1, 0.15) is 31.4 Å². The Bertz CT molecular complexity index is 919. The van der Waals surface area contributed by atoms with Crippen LogP contribution in [0.3, 0.4) is 0 Å². The molecule has 2 aromatic carbocycles. The first-order valence-electron chi connectivity index (χ1n) is 11.5. The standard InChI is InChI=1S/C27H33NO6/c1-4-11-23-25(28-19(2)29)27(33-17-22-14-9-6-10-15-22)26(24(34-23)18-31-20(3)30)32-16-21-12-7-5-8-13-21/h4-10,12-15,23-27H,1,11,16-18H2,2-3H3,(H,28,29)/t23-,24-,25+,26-,27-/m1/s1. The van der Waals surface area contributed by atoms with Crippen LogP contribution >= 0.6 is 0 Å². The lowest BCUT2D eigenvalue weighted by Crippen LogP contribution is -2.65. The van der Waals surface area contributed by atoms with Crippen molar-refractivity contribution in [2.45, 2.75) is 63.9 Å². The Morgan fingerprint density at radius 3 is 1.97 bits per heavy atom. The van der Waals surface area contributed by atoms with Crippen molar-refractivity contribution < 1.29 is 28.5 Å². The summed E-state index contributed by atoms with van der Waals surface area (Å²) < 4.78 is 24.3. The highest BCUT2D eigenvalue weighted by Crippen LogP contribution is 2.30. The van der Waals surface area contributed by atoms with Gasteiger partial charge >= 0.3 is 5.97 Å². The third-order valence-corrected chi connectivity index (χ3v) is 5.58. The molecule has 7 nitrogen and oxygen atoms in total. The maximum Gasteiger partial charge on any atom is 0.302 e. The van der Waals surface area contributed by atoms with Crippen LogP contribution in [0.25, 0.3) is 0 Å². The van der Waals surface area contributed by atoms with Crippen molar-refractivity contribution in [3.8, 4) is 0 Å². The number of hydrogen-bond donors (Lipinski definition) is 1. The summed E-state index contributed by atoms with van der Waals surface area (Å²) in [5, 5.41) is 2.99. The molecule has 0 bridgehead atoms. The summed E-state index contributed by atoms with van der Waals surface area (Å²) in [6.45, 7) is 7.30. The van der Waals surface area contributed by atoms with Crippen LogP contribution in [0.5, 0.6) is 0 Å². The normalized spacial score (nSPS) is 24.2. The van der Waals surface area contributed by atoms with Crippen molar-refractivity contribution in [1.29, 1.82) is 0 Å². The van der Waals surface area contributed by atoms with Gasteiger partial charge < -0.3 is 24.3 Å². The van der Waals surface area contributed by atoms with Crippen LogP contribution in [0.4, 0.5) is 0 Å². The highest BCUT2D eigenvalue weighted by Gasteiger charge is 2.47. The molecule has 1 fully saturated rings. The van der Waals surface area contributed by atoms with Crippen LogP contribution in [0.15, 0.2) is 73.3 Å². The first-order chi connectivity index (χ1) is 16.5. The molecule has 1 N–H and O–H groups in total. The van der Waals surface area contributed by atoms with Crippen LogP contribution in [0.2, 0.25) is 0 Å². The summed E-state index contributed by atoms with van der Waals surface area (Å²) in [6.07, 6.45) is 0.0795. The molecule has 0 saturated carbocycles. The molecule has 0 unspecified atom stereocenters. The van der Waals surface area contributed by atoms with E-state index in [1.807, 2.05) is 60.7 Å². The van der Waals surface area contributed by atoms with Gasteiger partial charge in [0, 0.05) is 13.8 Å². The molecule has 0 aliphatic carbocycles. The molecule has 3 rings (SSSR count). The summed E-state index contributed by atoms with van der Waals surface area (Å²) in [6, 6.07) is 19.1. The van der Waals surface area contributed by atoms with Crippen molar-refractivity contribution in [2.75, 3.05) is 6.61 Å². The monoisotopic (exact) mass is 467 g/mol. The zero-order valence-electron chi connectivity index (χ0n) is 19.7. The summed E-state index contributed by atoms with van der Waals surface area (Å²) in [5.74, 6) is -0.604. The first kappa shape index (κ1) is 25.6. The molecule has 1 aliphatic rings. The molecule has 2 aromatic rings. The van der Waals surface area contributed by atoms with Gasteiger partial charge in [0.1, 0.15) is 24.9 Å². The molecule has 182 valence electrons. The Hall–Kier alpha value is -3.00. The molecular weight excluding hydrogens is 434 g/mol. The van der Waals surface area contributed by atoms with Gasteiger partial charge in [-0.3, -0.25) is 9.59 Å². The van der Waals surface area contributed by atoms with E-state index in [-0.39, 0.29) is 12.5 Å². The van der Waals surface area contributed by atoms with Crippen LogP contribution in [-0.4, -0.2) is 48.9 Å². The largest absolute Gasteiger partial charge is 0.463 e. The van der Waals surface area contributed by atoms with Gasteiger partial charge in [-0.05, 0) is 17.5 Å². The quantitative estimate of drug-likeness (QED) is 0.402. The van der Waals surface area contributed by atoms with Gasteiger partial charge in [0.05, 0.1) is 25.4 Å². The number of carbonyl (C=O) groups excluding carboxylic acids is 2. The van der Waals surface area contributed by atoms with Crippen molar-refractivity contribution >= 4 is 11.9 Å². The predicted molar refractivity (Wildman–Crippen MR) is 128 cm³/mol. The lowest BCUT2D eigenvalue weighted by atomic mass is 9.90. The molecule has 1 amide bonds. The van der Waals surface area contributed by atoms with Gasteiger partial charge in [-0.2, -0.15) is 0 Å². The van der Waals surface area contributed by atoms with Crippen molar-refractivity contribution in [3.63, 3.8) is 0 Å². The lowest BCUT2D eigenvalue weighted by Gasteiger charge is -2.46. The summed E-state index contributed by atoms with van der Waals surface area (Å²) >= 11 is 0. The molecule has 0 radical (unpaired) electrons. The van der Waals surface area contributed by atoms with Crippen LogP contribution in [-0.2, 0) is 41.8 Å². The molecular formula is C27H33NO6. The fourth-order valence-electron chi connectivity index (χ4n) is 4.06. The molecule has 0 aromatic heterocycles. The first-order valence-corrected chi connectivity index (χ1v) is 11.5. The Morgan fingerprint density at radius 1 is 0.912 bits per heavy atom. The number of amides is 1. The Kier molecular flexibility index (Phi) is 9.82. The van der Waals surface area contributed by atoms with Crippen molar-refractivity contribution in [3.05, 3.63) is 84.4 Å². The molecule has 5 atom stereocenters. The number of carbonyl (C=O) groups is 2. The van der Waals surface area contributed by atoms with E-state index in [2.05, 4.69) is 11.9 Å². The Balaban J connectivity index is 1.90. The Morgan fingerprint density at radius 2 is 1.47 bits per heavy atom. The molecule has 7 heteroatoms. The van der Waals surface area contributed by atoms with E-state index in [1.165, 1.54) is 13.8 Å². The minimum atomic E-state index is -0.596. The number of rotatable bonds is 11. The minimum Gasteiger partial charge on any atom is -0.463 e. The maximum absolute atomic E-state index is 12.1. The summed E-state index contributed by atoms with van der Waals surface area (Å²) in [4.78, 5) is 23.7. The van der Waals surface area contributed by atoms with Gasteiger partial charge in [-0.1, -0.05) is 66.7 Å². The van der Waals surface area contributed by atoms with Gasteiger partial charge in [-0.25, -0.2) is 0 Å². The smallest absolute Gasteiger partial charge is 0.302 e. The topological polar surface area (TPSA) is 83.1 Å². The molecule has 1 aliphatic heterocycles. The minimum absolute atomic E-state index is 0.0143. The highest BCUT2D eigenvalue weighted by atomic mass is 16.6. The van der Waals surface area contributed by atoms with Gasteiger partial charge in [0.25, 0.3) is 0 Å². The van der Waals surface area contributed by atoms with Crippen molar-refractivity contribution in [2.24, 2.45) is 0 Å². The molecule has 34 heavy (non-hydrogen) atoms. The number of esters is 1. The van der Waals surface area contributed by atoms with Crippen molar-refractivity contribution in [1.82, 2.24) is 5.32 Å². The number of ether oxygens (including phenoxy) is 4. The Labute approximate surface area is 201 Å². The summed E-state index contributed by atoms with van der Waals surface area (Å²) in [5.41, 5.74) is 1.98. The predicted octanol–water partition coefficient (Wildman–Crippen LogP) is 3.57. The van der Waals surface area contributed by atoms with E-state index in [1.54, 1.807) is 6.08 Å². The van der Waals surface area contributed by atoms with Crippen LogP contribution < -0.4 is 5.32 Å². The zero-order chi connectivity index (χ0) is 24.3. The van der Waals surface area contributed by atoms with E-state index < -0.39 is 36.4 Å². The maximum atomic E-state index is 12.1. The highest BCUT2D eigenvalue weighted by molar-refractivity contribution is 5.73.